The SMILES string of the molecule is CCCCC/C=C\C/C=C\CCCCCCCCNC(CCCCN)C(=O)O. The van der Waals surface area contributed by atoms with Gasteiger partial charge in [0.15, 0.2) is 0 Å². The van der Waals surface area contributed by atoms with Gasteiger partial charge >= 0.3 is 5.97 Å². The second-order valence-electron chi connectivity index (χ2n) is 7.71. The Morgan fingerprint density at radius 1 is 0.857 bits per heavy atom. The zero-order valence-electron chi connectivity index (χ0n) is 18.3. The number of unbranched alkanes of at least 4 members (excludes halogenated alkanes) is 10. The topological polar surface area (TPSA) is 75.3 Å². The summed E-state index contributed by atoms with van der Waals surface area (Å²) in [6, 6.07) is -0.412. The van der Waals surface area contributed by atoms with E-state index in [0.29, 0.717) is 13.0 Å². The molecule has 0 rings (SSSR count). The molecule has 0 saturated heterocycles. The Labute approximate surface area is 174 Å². The number of hydrogen-bond acceptors (Lipinski definition) is 3. The normalized spacial score (nSPS) is 12.9. The molecule has 4 nitrogen and oxygen atoms in total. The minimum atomic E-state index is -0.739. The maximum Gasteiger partial charge on any atom is 0.320 e. The molecule has 0 radical (unpaired) electrons. The quantitative estimate of drug-likeness (QED) is 0.165. The van der Waals surface area contributed by atoms with Crippen molar-refractivity contribution >= 4 is 5.97 Å². The molecule has 164 valence electrons. The van der Waals surface area contributed by atoms with Crippen molar-refractivity contribution in [1.29, 1.82) is 0 Å². The Morgan fingerprint density at radius 2 is 1.46 bits per heavy atom. The maximum absolute atomic E-state index is 11.2. The van der Waals surface area contributed by atoms with E-state index in [1.807, 2.05) is 0 Å². The molecule has 0 aromatic carbocycles. The molecule has 0 aromatic rings. The Morgan fingerprint density at radius 3 is 2.07 bits per heavy atom. The number of hydrogen-bond donors (Lipinski definition) is 3. The highest BCUT2D eigenvalue weighted by Gasteiger charge is 2.15. The van der Waals surface area contributed by atoms with Gasteiger partial charge in [-0.3, -0.25) is 4.79 Å². The zero-order valence-corrected chi connectivity index (χ0v) is 18.3. The van der Waals surface area contributed by atoms with Crippen LogP contribution in [0.25, 0.3) is 0 Å². The van der Waals surface area contributed by atoms with E-state index in [1.54, 1.807) is 0 Å². The summed E-state index contributed by atoms with van der Waals surface area (Å²) in [5.41, 5.74) is 5.46. The average Bonchev–Trinajstić information content (AvgIpc) is 2.68. The molecule has 0 heterocycles. The first-order chi connectivity index (χ1) is 13.7. The summed E-state index contributed by atoms with van der Waals surface area (Å²) in [4.78, 5) is 11.2. The van der Waals surface area contributed by atoms with Crippen molar-refractivity contribution in [3.05, 3.63) is 24.3 Å². The van der Waals surface area contributed by atoms with Gasteiger partial charge < -0.3 is 16.2 Å². The lowest BCUT2D eigenvalue weighted by atomic mass is 10.1. The fourth-order valence-electron chi connectivity index (χ4n) is 3.20. The largest absolute Gasteiger partial charge is 0.480 e. The number of aliphatic carboxylic acids is 1. The molecule has 0 aromatic heterocycles. The van der Waals surface area contributed by atoms with Crippen LogP contribution in [0.4, 0.5) is 0 Å². The third-order valence-electron chi connectivity index (χ3n) is 5.01. The Hall–Kier alpha value is -1.13. The molecular formula is C24H46N2O2. The molecule has 4 heteroatoms. The average molecular weight is 395 g/mol. The molecule has 0 bridgehead atoms. The molecule has 1 unspecified atom stereocenters. The van der Waals surface area contributed by atoms with E-state index in [-0.39, 0.29) is 0 Å². The fourth-order valence-corrected chi connectivity index (χ4v) is 3.20. The minimum Gasteiger partial charge on any atom is -0.480 e. The molecule has 0 saturated carbocycles. The van der Waals surface area contributed by atoms with Gasteiger partial charge in [0.1, 0.15) is 6.04 Å². The minimum absolute atomic E-state index is 0.412. The third kappa shape index (κ3) is 19.6. The summed E-state index contributed by atoms with van der Waals surface area (Å²) in [5, 5.41) is 12.4. The van der Waals surface area contributed by atoms with Crippen molar-refractivity contribution < 1.29 is 9.90 Å². The Kier molecular flexibility index (Phi) is 21.3. The number of allylic oxidation sites excluding steroid dienone is 4. The van der Waals surface area contributed by atoms with E-state index in [4.69, 9.17) is 5.73 Å². The predicted molar refractivity (Wildman–Crippen MR) is 122 cm³/mol. The van der Waals surface area contributed by atoms with Gasteiger partial charge in [-0.05, 0) is 64.5 Å². The number of nitrogens with two attached hydrogens (primary N) is 1. The molecule has 0 fully saturated rings. The lowest BCUT2D eigenvalue weighted by molar-refractivity contribution is -0.139. The summed E-state index contributed by atoms with van der Waals surface area (Å²) in [6.45, 7) is 3.68. The van der Waals surface area contributed by atoms with Crippen molar-refractivity contribution in [2.75, 3.05) is 13.1 Å². The molecule has 0 aliphatic heterocycles. The van der Waals surface area contributed by atoms with Gasteiger partial charge in [-0.1, -0.05) is 76.2 Å². The van der Waals surface area contributed by atoms with E-state index < -0.39 is 12.0 Å². The van der Waals surface area contributed by atoms with E-state index in [0.717, 1.165) is 32.2 Å². The highest BCUT2D eigenvalue weighted by molar-refractivity contribution is 5.73. The van der Waals surface area contributed by atoms with Crippen molar-refractivity contribution in [2.45, 2.75) is 109 Å². The molecular weight excluding hydrogens is 348 g/mol. The first-order valence-electron chi connectivity index (χ1n) is 11.7. The molecule has 0 aliphatic carbocycles. The van der Waals surface area contributed by atoms with Gasteiger partial charge in [0.2, 0.25) is 0 Å². The smallest absolute Gasteiger partial charge is 0.320 e. The van der Waals surface area contributed by atoms with Crippen molar-refractivity contribution in [1.82, 2.24) is 5.32 Å². The van der Waals surface area contributed by atoms with Crippen LogP contribution in [-0.2, 0) is 4.79 Å². The van der Waals surface area contributed by atoms with E-state index >= 15 is 0 Å². The van der Waals surface area contributed by atoms with Crippen molar-refractivity contribution in [3.63, 3.8) is 0 Å². The highest BCUT2D eigenvalue weighted by Crippen LogP contribution is 2.08. The van der Waals surface area contributed by atoms with Gasteiger partial charge in [-0.25, -0.2) is 0 Å². The molecule has 4 N–H and O–H groups in total. The monoisotopic (exact) mass is 394 g/mol. The van der Waals surface area contributed by atoms with E-state index in [9.17, 15) is 9.90 Å². The van der Waals surface area contributed by atoms with Crippen LogP contribution < -0.4 is 11.1 Å². The lowest BCUT2D eigenvalue weighted by Gasteiger charge is -2.14. The summed E-state index contributed by atoms with van der Waals surface area (Å²) >= 11 is 0. The molecule has 0 spiro atoms. The van der Waals surface area contributed by atoms with Gasteiger partial charge in [-0.15, -0.1) is 0 Å². The number of nitrogens with one attached hydrogen (secondary N) is 1. The first-order valence-corrected chi connectivity index (χ1v) is 11.7. The zero-order chi connectivity index (χ0) is 20.7. The summed E-state index contributed by atoms with van der Waals surface area (Å²) in [6.07, 6.45) is 26.4. The Bertz CT molecular complexity index is 394. The lowest BCUT2D eigenvalue weighted by Crippen LogP contribution is -2.37. The van der Waals surface area contributed by atoms with Gasteiger partial charge in [0, 0.05) is 0 Å². The van der Waals surface area contributed by atoms with Crippen molar-refractivity contribution in [2.24, 2.45) is 5.73 Å². The van der Waals surface area contributed by atoms with Gasteiger partial charge in [0.25, 0.3) is 0 Å². The number of rotatable bonds is 21. The fraction of sp³-hybridized carbons (Fsp3) is 0.792. The van der Waals surface area contributed by atoms with Crippen molar-refractivity contribution in [3.8, 4) is 0 Å². The summed E-state index contributed by atoms with van der Waals surface area (Å²) in [5.74, 6) is -0.739. The number of carboxylic acid groups (broad SMARTS) is 1. The second-order valence-corrected chi connectivity index (χ2v) is 7.71. The number of carboxylic acids is 1. The van der Waals surface area contributed by atoms with Crippen LogP contribution in [0.1, 0.15) is 103 Å². The van der Waals surface area contributed by atoms with Crippen LogP contribution >= 0.6 is 0 Å². The summed E-state index contributed by atoms with van der Waals surface area (Å²) < 4.78 is 0. The predicted octanol–water partition coefficient (Wildman–Crippen LogP) is 5.97. The molecule has 0 aliphatic rings. The van der Waals surface area contributed by atoms with Crippen LogP contribution in [-0.4, -0.2) is 30.2 Å². The highest BCUT2D eigenvalue weighted by atomic mass is 16.4. The standard InChI is InChI=1S/C24H46N2O2/c1-2-3-4-5-6-7-8-9-10-11-12-13-14-15-16-19-22-26-23(24(27)28)20-17-18-21-25/h6-7,9-10,23,26H,2-5,8,11-22,25H2,1H3,(H,27,28)/b7-6-,10-9-. The van der Waals surface area contributed by atoms with Gasteiger partial charge in [-0.2, -0.15) is 0 Å². The van der Waals surface area contributed by atoms with Crippen LogP contribution in [0.15, 0.2) is 24.3 Å². The maximum atomic E-state index is 11.2. The second kappa shape index (κ2) is 22.2. The third-order valence-corrected chi connectivity index (χ3v) is 5.01. The molecule has 0 amide bonds. The van der Waals surface area contributed by atoms with E-state index in [1.165, 1.54) is 64.2 Å². The first kappa shape index (κ1) is 26.9. The van der Waals surface area contributed by atoms with Crippen LogP contribution in [0.2, 0.25) is 0 Å². The summed E-state index contributed by atoms with van der Waals surface area (Å²) in [7, 11) is 0. The Balaban J connectivity index is 3.40. The number of carbonyl (C=O) groups is 1. The molecule has 28 heavy (non-hydrogen) atoms. The van der Waals surface area contributed by atoms with Crippen LogP contribution in [0.5, 0.6) is 0 Å². The van der Waals surface area contributed by atoms with Crippen LogP contribution in [0.3, 0.4) is 0 Å². The van der Waals surface area contributed by atoms with Crippen LogP contribution in [0, 0.1) is 0 Å². The molecule has 1 atom stereocenters. The van der Waals surface area contributed by atoms with Gasteiger partial charge in [0.05, 0.1) is 0 Å². The van der Waals surface area contributed by atoms with E-state index in [2.05, 4.69) is 36.5 Å².